The van der Waals surface area contributed by atoms with Crippen molar-refractivity contribution in [3.8, 4) is 0 Å². The largest absolute Gasteiger partial charge is 0.396 e. The molecule has 2 rings (SSSR count). The van der Waals surface area contributed by atoms with Crippen LogP contribution in [0.3, 0.4) is 0 Å². The number of hydrogen-bond acceptors (Lipinski definition) is 2. The number of aliphatic hydroxyl groups is 1. The molecule has 2 heteroatoms. The van der Waals surface area contributed by atoms with Gasteiger partial charge < -0.3 is 9.84 Å². The van der Waals surface area contributed by atoms with Gasteiger partial charge in [0.1, 0.15) is 0 Å². The highest BCUT2D eigenvalue weighted by molar-refractivity contribution is 4.89. The minimum absolute atomic E-state index is 0.251. The monoisotopic (exact) mass is 156 g/mol. The van der Waals surface area contributed by atoms with E-state index in [4.69, 9.17) is 4.74 Å². The minimum Gasteiger partial charge on any atom is -0.396 e. The highest BCUT2D eigenvalue weighted by Crippen LogP contribution is 2.43. The van der Waals surface area contributed by atoms with Crippen LogP contribution in [-0.4, -0.2) is 24.4 Å². The van der Waals surface area contributed by atoms with Crippen LogP contribution < -0.4 is 0 Å². The third-order valence-electron chi connectivity index (χ3n) is 3.06. The number of epoxide rings is 1. The molecule has 2 fully saturated rings. The summed E-state index contributed by atoms with van der Waals surface area (Å²) < 4.78 is 5.19. The Bertz CT molecular complexity index is 134. The van der Waals surface area contributed by atoms with Gasteiger partial charge in [-0.3, -0.25) is 0 Å². The average Bonchev–Trinajstić information content (AvgIpc) is 2.68. The van der Waals surface area contributed by atoms with Crippen molar-refractivity contribution >= 4 is 0 Å². The second-order valence-corrected chi connectivity index (χ2v) is 4.02. The summed E-state index contributed by atoms with van der Waals surface area (Å²) in [4.78, 5) is 0. The molecule has 1 saturated carbocycles. The fourth-order valence-electron chi connectivity index (χ4n) is 2.22. The molecule has 0 spiro atoms. The molecule has 0 aromatic carbocycles. The van der Waals surface area contributed by atoms with Crippen molar-refractivity contribution in [3.05, 3.63) is 0 Å². The van der Waals surface area contributed by atoms with Crippen molar-refractivity contribution in [1.29, 1.82) is 0 Å². The first-order valence-electron chi connectivity index (χ1n) is 4.57. The molecule has 0 bridgehead atoms. The molecule has 1 saturated heterocycles. The van der Waals surface area contributed by atoms with Crippen molar-refractivity contribution in [3.63, 3.8) is 0 Å². The van der Waals surface area contributed by atoms with Crippen LogP contribution in [0.5, 0.6) is 0 Å². The summed E-state index contributed by atoms with van der Waals surface area (Å²) in [5.74, 6) is 0. The van der Waals surface area contributed by atoms with Gasteiger partial charge in [-0.2, -0.15) is 0 Å². The third-order valence-corrected chi connectivity index (χ3v) is 3.06. The maximum atomic E-state index is 9.24. The molecule has 0 amide bonds. The van der Waals surface area contributed by atoms with Crippen LogP contribution in [0.2, 0.25) is 0 Å². The van der Waals surface area contributed by atoms with Crippen LogP contribution in [0, 0.1) is 5.41 Å². The highest BCUT2D eigenvalue weighted by atomic mass is 16.6. The SMILES string of the molecule is OCC1(CC2CO2)CCCC1. The van der Waals surface area contributed by atoms with E-state index in [1.807, 2.05) is 0 Å². The zero-order valence-corrected chi connectivity index (χ0v) is 6.88. The summed E-state index contributed by atoms with van der Waals surface area (Å²) in [6.45, 7) is 1.30. The Balaban J connectivity index is 1.91. The van der Waals surface area contributed by atoms with Gasteiger partial charge in [0.2, 0.25) is 0 Å². The quantitative estimate of drug-likeness (QED) is 0.625. The summed E-state index contributed by atoms with van der Waals surface area (Å²) in [6, 6.07) is 0. The summed E-state index contributed by atoms with van der Waals surface area (Å²) in [7, 11) is 0. The van der Waals surface area contributed by atoms with E-state index in [0.717, 1.165) is 13.0 Å². The smallest absolute Gasteiger partial charge is 0.0816 e. The van der Waals surface area contributed by atoms with Gasteiger partial charge in [-0.15, -0.1) is 0 Å². The molecule has 1 aliphatic heterocycles. The Labute approximate surface area is 67.6 Å². The van der Waals surface area contributed by atoms with Gasteiger partial charge in [0, 0.05) is 6.61 Å². The molecule has 11 heavy (non-hydrogen) atoms. The molecule has 0 aromatic rings. The van der Waals surface area contributed by atoms with E-state index in [0.29, 0.717) is 12.7 Å². The predicted molar refractivity (Wildman–Crippen MR) is 42.3 cm³/mol. The Kier molecular flexibility index (Phi) is 1.90. The van der Waals surface area contributed by atoms with Gasteiger partial charge in [0.25, 0.3) is 0 Å². The topological polar surface area (TPSA) is 32.8 Å². The highest BCUT2D eigenvalue weighted by Gasteiger charge is 2.39. The van der Waals surface area contributed by atoms with Gasteiger partial charge >= 0.3 is 0 Å². The Morgan fingerprint density at radius 1 is 1.36 bits per heavy atom. The zero-order chi connectivity index (χ0) is 7.73. The molecule has 1 aliphatic carbocycles. The van der Waals surface area contributed by atoms with Gasteiger partial charge in [0.15, 0.2) is 0 Å². The van der Waals surface area contributed by atoms with Crippen LogP contribution in [0.4, 0.5) is 0 Å². The van der Waals surface area contributed by atoms with E-state index in [-0.39, 0.29) is 5.41 Å². The number of hydrogen-bond donors (Lipinski definition) is 1. The standard InChI is InChI=1S/C9H16O2/c10-7-9(3-1-2-4-9)5-8-6-11-8/h8,10H,1-7H2. The van der Waals surface area contributed by atoms with E-state index in [1.165, 1.54) is 25.7 Å². The predicted octanol–water partition coefficient (Wildman–Crippen LogP) is 1.33. The molecule has 1 heterocycles. The molecule has 0 radical (unpaired) electrons. The number of aliphatic hydroxyl groups excluding tert-OH is 1. The van der Waals surface area contributed by atoms with Crippen LogP contribution in [0.25, 0.3) is 0 Å². The van der Waals surface area contributed by atoms with Gasteiger partial charge in [-0.1, -0.05) is 12.8 Å². The molecule has 2 aliphatic rings. The fraction of sp³-hybridized carbons (Fsp3) is 1.00. The lowest BCUT2D eigenvalue weighted by Gasteiger charge is -2.24. The molecular formula is C9H16O2. The lowest BCUT2D eigenvalue weighted by molar-refractivity contribution is 0.110. The van der Waals surface area contributed by atoms with Gasteiger partial charge in [-0.05, 0) is 24.7 Å². The lowest BCUT2D eigenvalue weighted by Crippen LogP contribution is -2.23. The van der Waals surface area contributed by atoms with E-state index >= 15 is 0 Å². The Morgan fingerprint density at radius 3 is 2.45 bits per heavy atom. The second-order valence-electron chi connectivity index (χ2n) is 4.02. The molecular weight excluding hydrogens is 140 g/mol. The Hall–Kier alpha value is -0.0800. The normalized spacial score (nSPS) is 34.1. The maximum Gasteiger partial charge on any atom is 0.0816 e. The number of rotatable bonds is 3. The van der Waals surface area contributed by atoms with Crippen LogP contribution in [-0.2, 0) is 4.74 Å². The maximum absolute atomic E-state index is 9.24. The second kappa shape index (κ2) is 2.76. The van der Waals surface area contributed by atoms with E-state index in [2.05, 4.69) is 0 Å². The van der Waals surface area contributed by atoms with Crippen molar-refractivity contribution in [2.45, 2.75) is 38.2 Å². The molecule has 1 N–H and O–H groups in total. The van der Waals surface area contributed by atoms with E-state index < -0.39 is 0 Å². The Morgan fingerprint density at radius 2 is 2.00 bits per heavy atom. The van der Waals surface area contributed by atoms with Crippen molar-refractivity contribution in [1.82, 2.24) is 0 Å². The zero-order valence-electron chi connectivity index (χ0n) is 6.88. The van der Waals surface area contributed by atoms with Crippen LogP contribution >= 0.6 is 0 Å². The molecule has 0 aromatic heterocycles. The summed E-state index contributed by atoms with van der Waals surface area (Å²) in [5.41, 5.74) is 0.251. The minimum atomic E-state index is 0.251. The van der Waals surface area contributed by atoms with E-state index in [9.17, 15) is 5.11 Å². The van der Waals surface area contributed by atoms with Crippen molar-refractivity contribution in [2.75, 3.05) is 13.2 Å². The van der Waals surface area contributed by atoms with Gasteiger partial charge in [-0.25, -0.2) is 0 Å². The fourth-order valence-corrected chi connectivity index (χ4v) is 2.22. The average molecular weight is 156 g/mol. The number of ether oxygens (including phenoxy) is 1. The molecule has 1 unspecified atom stereocenters. The van der Waals surface area contributed by atoms with Gasteiger partial charge in [0.05, 0.1) is 12.7 Å². The van der Waals surface area contributed by atoms with Crippen molar-refractivity contribution in [2.24, 2.45) is 5.41 Å². The first-order valence-corrected chi connectivity index (χ1v) is 4.57. The lowest BCUT2D eigenvalue weighted by atomic mass is 9.82. The summed E-state index contributed by atoms with van der Waals surface area (Å²) >= 11 is 0. The first kappa shape index (κ1) is 7.56. The van der Waals surface area contributed by atoms with Crippen molar-refractivity contribution < 1.29 is 9.84 Å². The van der Waals surface area contributed by atoms with Crippen LogP contribution in [0.1, 0.15) is 32.1 Å². The van der Waals surface area contributed by atoms with Crippen LogP contribution in [0.15, 0.2) is 0 Å². The summed E-state index contributed by atoms with van der Waals surface area (Å²) in [5, 5.41) is 9.24. The first-order chi connectivity index (χ1) is 5.35. The van der Waals surface area contributed by atoms with E-state index in [1.54, 1.807) is 0 Å². The molecule has 2 nitrogen and oxygen atoms in total. The molecule has 64 valence electrons. The summed E-state index contributed by atoms with van der Waals surface area (Å²) in [6.07, 6.45) is 6.61. The third kappa shape index (κ3) is 1.57. The molecule has 1 atom stereocenters.